The molecule has 0 aromatic rings. The van der Waals surface area contributed by atoms with Gasteiger partial charge < -0.3 is 14.2 Å². The molecule has 11 atom stereocenters. The summed E-state index contributed by atoms with van der Waals surface area (Å²) in [4.78, 5) is 25.2. The van der Waals surface area contributed by atoms with Gasteiger partial charge in [0.25, 0.3) is 0 Å². The van der Waals surface area contributed by atoms with E-state index in [1.807, 2.05) is 6.08 Å². The molecule has 0 N–H and O–H groups in total. The van der Waals surface area contributed by atoms with Crippen LogP contribution in [0.3, 0.4) is 0 Å². The van der Waals surface area contributed by atoms with Crippen LogP contribution in [-0.4, -0.2) is 36.4 Å². The number of ether oxygens (including phenoxy) is 3. The number of hydrogen-bond acceptors (Lipinski definition) is 5. The van der Waals surface area contributed by atoms with E-state index < -0.39 is 5.79 Å². The second-order valence-corrected chi connectivity index (χ2v) is 13.2. The number of rotatable bonds is 1. The minimum atomic E-state index is -0.405. The van der Waals surface area contributed by atoms with Crippen LogP contribution in [0.15, 0.2) is 11.6 Å². The maximum Gasteiger partial charge on any atom is 0.302 e. The zero-order chi connectivity index (χ0) is 24.0. The molecule has 2 saturated heterocycles. The van der Waals surface area contributed by atoms with E-state index in [9.17, 15) is 9.59 Å². The Hall–Kier alpha value is -1.20. The molecule has 0 aromatic heterocycles. The molecule has 5 nitrogen and oxygen atoms in total. The van der Waals surface area contributed by atoms with Crippen molar-refractivity contribution in [1.29, 1.82) is 0 Å². The van der Waals surface area contributed by atoms with E-state index in [0.717, 1.165) is 45.1 Å². The van der Waals surface area contributed by atoms with E-state index in [0.29, 0.717) is 35.4 Å². The van der Waals surface area contributed by atoms with Crippen molar-refractivity contribution < 1.29 is 23.8 Å². The van der Waals surface area contributed by atoms with Crippen LogP contribution in [-0.2, 0) is 23.8 Å². The summed E-state index contributed by atoms with van der Waals surface area (Å²) in [6.45, 7) is 11.8. The number of ketones is 1. The average molecular weight is 471 g/mol. The number of hydrogen-bond donors (Lipinski definition) is 0. The van der Waals surface area contributed by atoms with E-state index >= 15 is 0 Å². The lowest BCUT2D eigenvalue weighted by Gasteiger charge is -2.57. The summed E-state index contributed by atoms with van der Waals surface area (Å²) in [6, 6.07) is 0. The molecular formula is C29H42O5. The summed E-state index contributed by atoms with van der Waals surface area (Å²) in [6.07, 6.45) is 10.2. The molecule has 0 radical (unpaired) electrons. The summed E-state index contributed by atoms with van der Waals surface area (Å²) in [5, 5.41) is 0. The number of fused-ring (bicyclic) bond motifs is 7. The van der Waals surface area contributed by atoms with Gasteiger partial charge >= 0.3 is 5.97 Å². The number of carbonyl (C=O) groups is 2. The predicted octanol–water partition coefficient (Wildman–Crippen LogP) is 5.46. The third kappa shape index (κ3) is 3.11. The molecule has 0 bridgehead atoms. The van der Waals surface area contributed by atoms with E-state index in [2.05, 4.69) is 27.7 Å². The van der Waals surface area contributed by atoms with Crippen LogP contribution in [0, 0.1) is 46.3 Å². The first-order valence-corrected chi connectivity index (χ1v) is 13.8. The Balaban J connectivity index is 1.27. The molecule has 6 rings (SSSR count). The summed E-state index contributed by atoms with van der Waals surface area (Å²) >= 11 is 0. The highest BCUT2D eigenvalue weighted by Crippen LogP contribution is 2.70. The Morgan fingerprint density at radius 1 is 1.09 bits per heavy atom. The topological polar surface area (TPSA) is 61.8 Å². The molecule has 5 fully saturated rings. The third-order valence-corrected chi connectivity index (χ3v) is 11.5. The highest BCUT2D eigenvalue weighted by atomic mass is 16.7. The Labute approximate surface area is 204 Å². The Morgan fingerprint density at radius 3 is 2.59 bits per heavy atom. The van der Waals surface area contributed by atoms with Crippen molar-refractivity contribution in [3.63, 3.8) is 0 Å². The van der Waals surface area contributed by atoms with Crippen molar-refractivity contribution in [2.75, 3.05) is 6.61 Å². The van der Waals surface area contributed by atoms with Gasteiger partial charge in [-0.2, -0.15) is 0 Å². The van der Waals surface area contributed by atoms with E-state index in [-0.39, 0.29) is 34.9 Å². The van der Waals surface area contributed by atoms with Gasteiger partial charge in [-0.05, 0) is 79.1 Å². The number of carbonyl (C=O) groups excluding carboxylic acids is 2. The van der Waals surface area contributed by atoms with Gasteiger partial charge in [-0.25, -0.2) is 0 Å². The Kier molecular flexibility index (Phi) is 5.22. The van der Waals surface area contributed by atoms with Gasteiger partial charge in [0, 0.05) is 31.6 Å². The molecule has 188 valence electrons. The second-order valence-electron chi connectivity index (χ2n) is 13.2. The fourth-order valence-electron chi connectivity index (χ4n) is 9.73. The molecule has 11 unspecified atom stereocenters. The average Bonchev–Trinajstić information content (AvgIpc) is 3.21. The van der Waals surface area contributed by atoms with Gasteiger partial charge in [-0.15, -0.1) is 0 Å². The van der Waals surface area contributed by atoms with Gasteiger partial charge in [-0.3, -0.25) is 9.59 Å². The second kappa shape index (κ2) is 7.65. The lowest BCUT2D eigenvalue weighted by atomic mass is 9.46. The molecule has 2 heterocycles. The fraction of sp³-hybridized carbons (Fsp3) is 0.862. The van der Waals surface area contributed by atoms with Crippen LogP contribution in [0.1, 0.15) is 86.0 Å². The summed E-state index contributed by atoms with van der Waals surface area (Å²) in [5.74, 6) is 2.03. The maximum absolute atomic E-state index is 13.7. The molecule has 4 aliphatic carbocycles. The molecular weight excluding hydrogens is 428 g/mol. The summed E-state index contributed by atoms with van der Waals surface area (Å²) < 4.78 is 18.8. The van der Waals surface area contributed by atoms with Gasteiger partial charge in [0.2, 0.25) is 0 Å². The van der Waals surface area contributed by atoms with Crippen molar-refractivity contribution in [3.8, 4) is 0 Å². The van der Waals surface area contributed by atoms with Crippen molar-refractivity contribution in [2.45, 2.75) is 104 Å². The zero-order valence-electron chi connectivity index (χ0n) is 21.6. The van der Waals surface area contributed by atoms with Crippen LogP contribution >= 0.6 is 0 Å². The standard InChI is InChI=1S/C29H42O5/c1-16-6-11-29(32-15-16)17(2)26-24(34-29)14-22-25-21(8-10-28(22,26)5)27(4)9-7-20(33-18(3)30)12-19(27)13-23(25)31/h13,16-17,20-22,24-26H,6-12,14-15H2,1-5H3. The first-order chi connectivity index (χ1) is 16.1. The van der Waals surface area contributed by atoms with Crippen molar-refractivity contribution in [1.82, 2.24) is 0 Å². The molecule has 1 spiro atoms. The molecule has 2 aliphatic heterocycles. The zero-order valence-corrected chi connectivity index (χ0v) is 21.6. The minimum absolute atomic E-state index is 0.0462. The molecule has 0 amide bonds. The van der Waals surface area contributed by atoms with Gasteiger partial charge in [0.15, 0.2) is 11.6 Å². The van der Waals surface area contributed by atoms with Crippen molar-refractivity contribution >= 4 is 11.8 Å². The maximum atomic E-state index is 13.7. The van der Waals surface area contributed by atoms with E-state index in [1.54, 1.807) is 0 Å². The summed E-state index contributed by atoms with van der Waals surface area (Å²) in [5.41, 5.74) is 1.41. The van der Waals surface area contributed by atoms with Gasteiger partial charge in [-0.1, -0.05) is 33.3 Å². The Morgan fingerprint density at radius 2 is 1.88 bits per heavy atom. The summed E-state index contributed by atoms with van der Waals surface area (Å²) in [7, 11) is 0. The first-order valence-electron chi connectivity index (χ1n) is 13.8. The number of esters is 1. The normalized spacial score (nSPS) is 54.0. The Bertz CT molecular complexity index is 915. The van der Waals surface area contributed by atoms with Crippen molar-refractivity contribution in [3.05, 3.63) is 11.6 Å². The number of allylic oxidation sites excluding steroid dienone is 1. The van der Waals surface area contributed by atoms with E-state index in [1.165, 1.54) is 25.3 Å². The molecule has 5 heteroatoms. The molecule has 6 aliphatic rings. The molecule has 34 heavy (non-hydrogen) atoms. The highest BCUT2D eigenvalue weighted by molar-refractivity contribution is 5.94. The smallest absolute Gasteiger partial charge is 0.302 e. The predicted molar refractivity (Wildman–Crippen MR) is 128 cm³/mol. The van der Waals surface area contributed by atoms with Crippen LogP contribution in [0.2, 0.25) is 0 Å². The highest BCUT2D eigenvalue weighted by Gasteiger charge is 2.69. The van der Waals surface area contributed by atoms with Crippen molar-refractivity contribution in [2.24, 2.45) is 46.3 Å². The van der Waals surface area contributed by atoms with Crippen LogP contribution in [0.25, 0.3) is 0 Å². The quantitative estimate of drug-likeness (QED) is 0.476. The largest absolute Gasteiger partial charge is 0.462 e. The lowest BCUT2D eigenvalue weighted by Crippen LogP contribution is -2.55. The van der Waals surface area contributed by atoms with Crippen LogP contribution in [0.4, 0.5) is 0 Å². The van der Waals surface area contributed by atoms with Crippen LogP contribution in [0.5, 0.6) is 0 Å². The van der Waals surface area contributed by atoms with Crippen LogP contribution < -0.4 is 0 Å². The molecule has 0 aromatic carbocycles. The third-order valence-electron chi connectivity index (χ3n) is 11.5. The minimum Gasteiger partial charge on any atom is -0.462 e. The van der Waals surface area contributed by atoms with Gasteiger partial charge in [0.1, 0.15) is 6.10 Å². The SMILES string of the molecule is CC(=O)OC1CCC2(C)C(=CC(=O)C3C2CCC2(C)C3CC3OC4(CCC(C)CO4)C(C)C32)C1. The first kappa shape index (κ1) is 23.2. The van der Waals surface area contributed by atoms with Gasteiger partial charge in [0.05, 0.1) is 12.7 Å². The molecule has 3 saturated carbocycles. The van der Waals surface area contributed by atoms with E-state index in [4.69, 9.17) is 14.2 Å². The fourth-order valence-corrected chi connectivity index (χ4v) is 9.73. The lowest BCUT2D eigenvalue weighted by molar-refractivity contribution is -0.272. The monoisotopic (exact) mass is 470 g/mol.